The van der Waals surface area contributed by atoms with Crippen LogP contribution in [-0.4, -0.2) is 9.97 Å². The van der Waals surface area contributed by atoms with E-state index in [1.807, 2.05) is 44.2 Å². The molecule has 1 aromatic carbocycles. The van der Waals surface area contributed by atoms with Crippen LogP contribution in [0.25, 0.3) is 0 Å². The van der Waals surface area contributed by atoms with Gasteiger partial charge in [0.15, 0.2) is 5.82 Å². The van der Waals surface area contributed by atoms with Gasteiger partial charge in [0, 0.05) is 11.3 Å². The average molecular weight is 258 g/mol. The Morgan fingerprint density at radius 1 is 1.21 bits per heavy atom. The number of benzene rings is 1. The van der Waals surface area contributed by atoms with E-state index in [2.05, 4.69) is 15.4 Å². The zero-order valence-electron chi connectivity index (χ0n) is 11.2. The molecule has 1 heterocycles. The Labute approximate surface area is 112 Å². The average Bonchev–Trinajstić information content (AvgIpc) is 2.45. The Bertz CT molecular complexity index is 543. The van der Waals surface area contributed by atoms with E-state index in [9.17, 15) is 0 Å². The summed E-state index contributed by atoms with van der Waals surface area (Å²) in [5, 5.41) is 0. The number of para-hydroxylation sites is 1. The summed E-state index contributed by atoms with van der Waals surface area (Å²) in [5.74, 6) is 7.57. The number of anilines is 1. The highest BCUT2D eigenvalue weighted by molar-refractivity contribution is 5.45. The minimum absolute atomic E-state index is 0.323. The van der Waals surface area contributed by atoms with Gasteiger partial charge in [0.25, 0.3) is 0 Å². The maximum Gasteiger partial charge on any atom is 0.168 e. The fraction of sp³-hybridized carbons (Fsp3) is 0.286. The van der Waals surface area contributed by atoms with Crippen LogP contribution in [0.4, 0.5) is 5.82 Å². The minimum atomic E-state index is 0.323. The van der Waals surface area contributed by atoms with Gasteiger partial charge in [0.05, 0.1) is 0 Å². The normalized spacial score (nSPS) is 10.3. The Morgan fingerprint density at radius 2 is 1.95 bits per heavy atom. The van der Waals surface area contributed by atoms with Crippen LogP contribution < -0.4 is 16.0 Å². The fourth-order valence-corrected chi connectivity index (χ4v) is 1.93. The first-order chi connectivity index (χ1) is 9.24. The molecule has 0 aliphatic heterocycles. The number of nitrogens with one attached hydrogen (secondary N) is 1. The molecule has 0 amide bonds. The van der Waals surface area contributed by atoms with Crippen LogP contribution in [0.3, 0.4) is 0 Å². The van der Waals surface area contributed by atoms with Crippen molar-refractivity contribution in [2.45, 2.75) is 26.9 Å². The van der Waals surface area contributed by atoms with Crippen molar-refractivity contribution in [2.24, 2.45) is 5.84 Å². The quantitative estimate of drug-likeness (QED) is 0.635. The summed E-state index contributed by atoms with van der Waals surface area (Å²) >= 11 is 0. The Balaban J connectivity index is 2.15. The van der Waals surface area contributed by atoms with Crippen LogP contribution in [0.15, 0.2) is 30.3 Å². The van der Waals surface area contributed by atoms with E-state index in [-0.39, 0.29) is 0 Å². The molecular formula is C14H18N4O. The van der Waals surface area contributed by atoms with Crippen LogP contribution in [-0.2, 0) is 13.0 Å². The van der Waals surface area contributed by atoms with Gasteiger partial charge in [-0.05, 0) is 25.5 Å². The molecule has 3 N–H and O–H groups in total. The standard InChI is InChI=1S/C14H18N4O/c1-3-12-10(2)16-13(17-14(12)18-15)9-19-11-7-5-4-6-8-11/h4-8H,3,9,15H2,1-2H3,(H,16,17,18). The Kier molecular flexibility index (Phi) is 4.30. The predicted octanol–water partition coefficient (Wildman–Crippen LogP) is 2.21. The lowest BCUT2D eigenvalue weighted by molar-refractivity contribution is 0.295. The Morgan fingerprint density at radius 3 is 2.58 bits per heavy atom. The number of ether oxygens (including phenoxy) is 1. The molecule has 0 spiro atoms. The maximum atomic E-state index is 5.63. The van der Waals surface area contributed by atoms with E-state index in [0.29, 0.717) is 18.2 Å². The summed E-state index contributed by atoms with van der Waals surface area (Å²) in [6, 6.07) is 9.59. The smallest absolute Gasteiger partial charge is 0.168 e. The van der Waals surface area contributed by atoms with Gasteiger partial charge in [0.1, 0.15) is 18.2 Å². The van der Waals surface area contributed by atoms with E-state index in [4.69, 9.17) is 10.6 Å². The largest absolute Gasteiger partial charge is 0.486 e. The molecule has 5 nitrogen and oxygen atoms in total. The third kappa shape index (κ3) is 3.20. The molecule has 1 aromatic heterocycles. The highest BCUT2D eigenvalue weighted by Crippen LogP contribution is 2.17. The third-order valence-electron chi connectivity index (χ3n) is 2.86. The number of hydrogen-bond donors (Lipinski definition) is 2. The number of nitrogens with two attached hydrogens (primary N) is 1. The number of aryl methyl sites for hydroxylation is 1. The molecule has 2 aromatic rings. The summed E-state index contributed by atoms with van der Waals surface area (Å²) < 4.78 is 5.63. The van der Waals surface area contributed by atoms with Gasteiger partial charge in [-0.2, -0.15) is 0 Å². The molecule has 0 fully saturated rings. The van der Waals surface area contributed by atoms with Gasteiger partial charge in [-0.25, -0.2) is 15.8 Å². The van der Waals surface area contributed by atoms with Crippen molar-refractivity contribution in [2.75, 3.05) is 5.43 Å². The molecule has 0 saturated heterocycles. The van der Waals surface area contributed by atoms with E-state index in [1.54, 1.807) is 0 Å². The summed E-state index contributed by atoms with van der Waals surface area (Å²) in [4.78, 5) is 8.80. The summed E-state index contributed by atoms with van der Waals surface area (Å²) in [6.45, 7) is 4.32. The number of rotatable bonds is 5. The van der Waals surface area contributed by atoms with Crippen molar-refractivity contribution < 1.29 is 4.74 Å². The van der Waals surface area contributed by atoms with Gasteiger partial charge in [-0.3, -0.25) is 0 Å². The number of aromatic nitrogens is 2. The van der Waals surface area contributed by atoms with Crippen LogP contribution in [0.5, 0.6) is 5.75 Å². The lowest BCUT2D eigenvalue weighted by atomic mass is 10.1. The van der Waals surface area contributed by atoms with Gasteiger partial charge < -0.3 is 10.2 Å². The van der Waals surface area contributed by atoms with Crippen LogP contribution >= 0.6 is 0 Å². The molecule has 100 valence electrons. The summed E-state index contributed by atoms with van der Waals surface area (Å²) in [5.41, 5.74) is 4.58. The van der Waals surface area contributed by atoms with Crippen molar-refractivity contribution in [1.29, 1.82) is 0 Å². The van der Waals surface area contributed by atoms with Crippen molar-refractivity contribution in [1.82, 2.24) is 9.97 Å². The van der Waals surface area contributed by atoms with E-state index in [1.165, 1.54) is 0 Å². The number of nitrogens with zero attached hydrogens (tertiary/aromatic N) is 2. The molecule has 0 aliphatic rings. The van der Waals surface area contributed by atoms with Crippen LogP contribution in [0, 0.1) is 6.92 Å². The zero-order chi connectivity index (χ0) is 13.7. The first kappa shape index (κ1) is 13.3. The van der Waals surface area contributed by atoms with Gasteiger partial charge in [-0.15, -0.1) is 0 Å². The molecule has 19 heavy (non-hydrogen) atoms. The fourth-order valence-electron chi connectivity index (χ4n) is 1.93. The Hall–Kier alpha value is -2.14. The van der Waals surface area contributed by atoms with Gasteiger partial charge in [0.2, 0.25) is 0 Å². The third-order valence-corrected chi connectivity index (χ3v) is 2.86. The van der Waals surface area contributed by atoms with E-state index >= 15 is 0 Å². The lowest BCUT2D eigenvalue weighted by Crippen LogP contribution is -2.15. The summed E-state index contributed by atoms with van der Waals surface area (Å²) in [7, 11) is 0. The van der Waals surface area contributed by atoms with Gasteiger partial charge in [-0.1, -0.05) is 25.1 Å². The summed E-state index contributed by atoms with van der Waals surface area (Å²) in [6.07, 6.45) is 0.838. The first-order valence-corrected chi connectivity index (χ1v) is 6.25. The van der Waals surface area contributed by atoms with E-state index in [0.717, 1.165) is 23.4 Å². The van der Waals surface area contributed by atoms with Crippen LogP contribution in [0.2, 0.25) is 0 Å². The van der Waals surface area contributed by atoms with Crippen molar-refractivity contribution >= 4 is 5.82 Å². The molecule has 0 unspecified atom stereocenters. The van der Waals surface area contributed by atoms with Crippen molar-refractivity contribution in [3.05, 3.63) is 47.4 Å². The number of hydrazine groups is 1. The first-order valence-electron chi connectivity index (χ1n) is 6.25. The molecule has 0 aliphatic carbocycles. The van der Waals surface area contributed by atoms with E-state index < -0.39 is 0 Å². The predicted molar refractivity (Wildman–Crippen MR) is 74.7 cm³/mol. The second-order valence-corrected chi connectivity index (χ2v) is 4.15. The highest BCUT2D eigenvalue weighted by Gasteiger charge is 2.09. The molecular weight excluding hydrogens is 240 g/mol. The molecule has 5 heteroatoms. The van der Waals surface area contributed by atoms with Crippen LogP contribution in [0.1, 0.15) is 24.0 Å². The molecule has 2 rings (SSSR count). The second-order valence-electron chi connectivity index (χ2n) is 4.15. The zero-order valence-corrected chi connectivity index (χ0v) is 11.2. The monoisotopic (exact) mass is 258 g/mol. The highest BCUT2D eigenvalue weighted by atomic mass is 16.5. The van der Waals surface area contributed by atoms with Gasteiger partial charge >= 0.3 is 0 Å². The lowest BCUT2D eigenvalue weighted by Gasteiger charge is -2.11. The molecule has 0 bridgehead atoms. The maximum absolute atomic E-state index is 5.63. The van der Waals surface area contributed by atoms with Crippen molar-refractivity contribution in [3.8, 4) is 5.75 Å². The number of nitrogen functional groups attached to an aromatic ring is 1. The minimum Gasteiger partial charge on any atom is -0.486 e. The van der Waals surface area contributed by atoms with Crippen molar-refractivity contribution in [3.63, 3.8) is 0 Å². The topological polar surface area (TPSA) is 73.1 Å². The molecule has 0 saturated carbocycles. The SMILES string of the molecule is CCc1c(C)nc(COc2ccccc2)nc1NN. The molecule has 0 atom stereocenters. The number of hydrogen-bond acceptors (Lipinski definition) is 5. The molecule has 0 radical (unpaired) electrons. The second kappa shape index (κ2) is 6.15.